The molecule has 3 nitrogen and oxygen atoms in total. The summed E-state index contributed by atoms with van der Waals surface area (Å²) in [6.45, 7) is 3.14. The van der Waals surface area contributed by atoms with Gasteiger partial charge in [0, 0.05) is 46.9 Å². The fourth-order valence-corrected chi connectivity index (χ4v) is 3.20. The van der Waals surface area contributed by atoms with E-state index in [0.29, 0.717) is 6.04 Å². The Bertz CT molecular complexity index is 512. The van der Waals surface area contributed by atoms with Crippen LogP contribution in [-0.2, 0) is 6.54 Å². The van der Waals surface area contributed by atoms with Crippen LogP contribution in [-0.4, -0.2) is 24.1 Å². The molecule has 5 heteroatoms. The normalized spacial score (nSPS) is 19.0. The fourth-order valence-electron chi connectivity index (χ4n) is 2.39. The molecular formula is C14H16BrN3S. The Hall–Kier alpha value is -0.910. The van der Waals surface area contributed by atoms with Gasteiger partial charge in [0.2, 0.25) is 0 Å². The monoisotopic (exact) mass is 337 g/mol. The van der Waals surface area contributed by atoms with Crippen LogP contribution in [0.15, 0.2) is 40.4 Å². The summed E-state index contributed by atoms with van der Waals surface area (Å²) in [7, 11) is 0. The molecule has 0 spiro atoms. The van der Waals surface area contributed by atoms with Crippen LogP contribution in [0, 0.1) is 0 Å². The lowest BCUT2D eigenvalue weighted by Crippen LogP contribution is -2.31. The first kappa shape index (κ1) is 13.1. The molecule has 0 bridgehead atoms. The third-order valence-electron chi connectivity index (χ3n) is 3.43. The van der Waals surface area contributed by atoms with E-state index in [4.69, 9.17) is 0 Å². The lowest BCUT2D eigenvalue weighted by atomic mass is 10.2. The topological polar surface area (TPSA) is 28.2 Å². The first-order chi connectivity index (χ1) is 9.31. The van der Waals surface area contributed by atoms with Crippen molar-refractivity contribution in [3.63, 3.8) is 0 Å². The van der Waals surface area contributed by atoms with Gasteiger partial charge in [0.25, 0.3) is 0 Å². The molecule has 2 aromatic rings. The van der Waals surface area contributed by atoms with Gasteiger partial charge in [-0.05, 0) is 30.7 Å². The van der Waals surface area contributed by atoms with E-state index in [1.54, 1.807) is 11.3 Å². The van der Waals surface area contributed by atoms with E-state index >= 15 is 0 Å². The SMILES string of the molecule is Brc1ccc(N2CCC(NCc3cncs3)C2)cc1. The summed E-state index contributed by atoms with van der Waals surface area (Å²) >= 11 is 5.19. The highest BCUT2D eigenvalue weighted by Crippen LogP contribution is 2.22. The van der Waals surface area contributed by atoms with Crippen molar-refractivity contribution in [1.82, 2.24) is 10.3 Å². The Labute approximate surface area is 125 Å². The van der Waals surface area contributed by atoms with Crippen molar-refractivity contribution < 1.29 is 0 Å². The number of halogens is 1. The van der Waals surface area contributed by atoms with E-state index in [9.17, 15) is 0 Å². The highest BCUT2D eigenvalue weighted by molar-refractivity contribution is 9.10. The fraction of sp³-hybridized carbons (Fsp3) is 0.357. The van der Waals surface area contributed by atoms with Gasteiger partial charge in [-0.3, -0.25) is 4.98 Å². The smallest absolute Gasteiger partial charge is 0.0794 e. The Morgan fingerprint density at radius 2 is 2.21 bits per heavy atom. The summed E-state index contributed by atoms with van der Waals surface area (Å²) in [4.78, 5) is 7.85. The van der Waals surface area contributed by atoms with Crippen molar-refractivity contribution in [2.75, 3.05) is 18.0 Å². The molecule has 1 atom stereocenters. The molecule has 1 saturated heterocycles. The second kappa shape index (κ2) is 6.03. The molecular weight excluding hydrogens is 322 g/mol. The molecule has 3 rings (SSSR count). The van der Waals surface area contributed by atoms with Gasteiger partial charge >= 0.3 is 0 Å². The van der Waals surface area contributed by atoms with Gasteiger partial charge in [-0.2, -0.15) is 0 Å². The van der Waals surface area contributed by atoms with Gasteiger partial charge in [0.15, 0.2) is 0 Å². The molecule has 1 fully saturated rings. The molecule has 0 saturated carbocycles. The lowest BCUT2D eigenvalue weighted by molar-refractivity contribution is 0.554. The molecule has 19 heavy (non-hydrogen) atoms. The molecule has 0 amide bonds. The number of aromatic nitrogens is 1. The Morgan fingerprint density at radius 3 is 2.95 bits per heavy atom. The van der Waals surface area contributed by atoms with Crippen molar-refractivity contribution in [3.05, 3.63) is 45.3 Å². The number of hydrogen-bond donors (Lipinski definition) is 1. The maximum atomic E-state index is 4.10. The lowest BCUT2D eigenvalue weighted by Gasteiger charge is -2.19. The van der Waals surface area contributed by atoms with E-state index in [0.717, 1.165) is 24.1 Å². The van der Waals surface area contributed by atoms with Gasteiger partial charge in [0.05, 0.1) is 5.51 Å². The molecule has 1 N–H and O–H groups in total. The number of anilines is 1. The van der Waals surface area contributed by atoms with Crippen LogP contribution < -0.4 is 10.2 Å². The summed E-state index contributed by atoms with van der Waals surface area (Å²) in [6.07, 6.45) is 3.15. The average Bonchev–Trinajstić information content (AvgIpc) is 3.09. The number of thiazole rings is 1. The van der Waals surface area contributed by atoms with Crippen molar-refractivity contribution in [2.24, 2.45) is 0 Å². The van der Waals surface area contributed by atoms with Crippen LogP contribution in [0.4, 0.5) is 5.69 Å². The van der Waals surface area contributed by atoms with Crippen LogP contribution in [0.1, 0.15) is 11.3 Å². The zero-order valence-electron chi connectivity index (χ0n) is 10.6. The molecule has 0 radical (unpaired) electrons. The molecule has 1 aliphatic heterocycles. The summed E-state index contributed by atoms with van der Waals surface area (Å²) in [5.41, 5.74) is 3.20. The van der Waals surface area contributed by atoms with Gasteiger partial charge in [-0.1, -0.05) is 15.9 Å². The molecule has 1 aliphatic rings. The Kier molecular flexibility index (Phi) is 4.15. The Morgan fingerprint density at radius 1 is 1.37 bits per heavy atom. The van der Waals surface area contributed by atoms with Crippen molar-refractivity contribution >= 4 is 33.0 Å². The van der Waals surface area contributed by atoms with Crippen LogP contribution in [0.2, 0.25) is 0 Å². The first-order valence-electron chi connectivity index (χ1n) is 6.42. The van der Waals surface area contributed by atoms with Crippen molar-refractivity contribution in [2.45, 2.75) is 19.0 Å². The number of hydrogen-bond acceptors (Lipinski definition) is 4. The van der Waals surface area contributed by atoms with E-state index in [2.05, 4.69) is 55.4 Å². The zero-order chi connectivity index (χ0) is 13.1. The minimum absolute atomic E-state index is 0.575. The quantitative estimate of drug-likeness (QED) is 0.927. The molecule has 1 unspecified atom stereocenters. The molecule has 1 aromatic carbocycles. The van der Waals surface area contributed by atoms with Crippen LogP contribution in [0.5, 0.6) is 0 Å². The van der Waals surface area contributed by atoms with E-state index in [1.807, 2.05) is 11.7 Å². The first-order valence-corrected chi connectivity index (χ1v) is 8.10. The highest BCUT2D eigenvalue weighted by atomic mass is 79.9. The summed E-state index contributed by atoms with van der Waals surface area (Å²) in [5.74, 6) is 0. The zero-order valence-corrected chi connectivity index (χ0v) is 13.0. The Balaban J connectivity index is 1.53. The third kappa shape index (κ3) is 3.35. The molecule has 0 aliphatic carbocycles. The van der Waals surface area contributed by atoms with Crippen LogP contribution in [0.25, 0.3) is 0 Å². The second-order valence-corrected chi connectivity index (χ2v) is 6.64. The third-order valence-corrected chi connectivity index (χ3v) is 4.74. The van der Waals surface area contributed by atoms with Gasteiger partial charge in [-0.15, -0.1) is 11.3 Å². The maximum Gasteiger partial charge on any atom is 0.0794 e. The second-order valence-electron chi connectivity index (χ2n) is 4.76. The van der Waals surface area contributed by atoms with Crippen LogP contribution in [0.3, 0.4) is 0 Å². The van der Waals surface area contributed by atoms with E-state index < -0.39 is 0 Å². The summed E-state index contributed by atoms with van der Waals surface area (Å²) < 4.78 is 1.13. The highest BCUT2D eigenvalue weighted by Gasteiger charge is 2.22. The average molecular weight is 338 g/mol. The van der Waals surface area contributed by atoms with E-state index in [1.165, 1.54) is 17.0 Å². The van der Waals surface area contributed by atoms with Crippen molar-refractivity contribution in [3.8, 4) is 0 Å². The van der Waals surface area contributed by atoms with Gasteiger partial charge in [-0.25, -0.2) is 0 Å². The minimum Gasteiger partial charge on any atom is -0.370 e. The molecule has 2 heterocycles. The summed E-state index contributed by atoms with van der Waals surface area (Å²) in [5, 5.41) is 3.61. The predicted molar refractivity (Wildman–Crippen MR) is 83.7 cm³/mol. The maximum absolute atomic E-state index is 4.10. The van der Waals surface area contributed by atoms with Gasteiger partial charge in [0.1, 0.15) is 0 Å². The van der Waals surface area contributed by atoms with Crippen LogP contribution >= 0.6 is 27.3 Å². The number of rotatable bonds is 4. The molecule has 100 valence electrons. The number of benzene rings is 1. The minimum atomic E-state index is 0.575. The van der Waals surface area contributed by atoms with Gasteiger partial charge < -0.3 is 10.2 Å². The van der Waals surface area contributed by atoms with E-state index in [-0.39, 0.29) is 0 Å². The summed E-state index contributed by atoms with van der Waals surface area (Å²) in [6, 6.07) is 9.14. The predicted octanol–water partition coefficient (Wildman–Crippen LogP) is 3.27. The number of nitrogens with zero attached hydrogens (tertiary/aromatic N) is 2. The largest absolute Gasteiger partial charge is 0.370 e. The standard InChI is InChI=1S/C14H16BrN3S/c15-11-1-3-13(4-2-11)18-6-5-12(9-18)17-8-14-7-16-10-19-14/h1-4,7,10,12,17H,5-6,8-9H2. The van der Waals surface area contributed by atoms with Crippen molar-refractivity contribution in [1.29, 1.82) is 0 Å². The number of nitrogens with one attached hydrogen (secondary N) is 1. The molecule has 1 aromatic heterocycles.